The van der Waals surface area contributed by atoms with Gasteiger partial charge in [0.2, 0.25) is 0 Å². The van der Waals surface area contributed by atoms with Crippen molar-refractivity contribution in [3.05, 3.63) is 6.42 Å². The van der Waals surface area contributed by atoms with Gasteiger partial charge in [0.05, 0.1) is 12.8 Å². The molecule has 2 rings (SSSR count). The summed E-state index contributed by atoms with van der Waals surface area (Å²) in [5.41, 5.74) is 0.656. The highest BCUT2D eigenvalue weighted by Gasteiger charge is 2.47. The molecule has 0 amide bonds. The van der Waals surface area contributed by atoms with Gasteiger partial charge in [-0.2, -0.15) is 0 Å². The van der Waals surface area contributed by atoms with Crippen LogP contribution in [0.1, 0.15) is 59.3 Å². The Morgan fingerprint density at radius 3 is 2.43 bits per heavy atom. The molecular formula is C14H25+. The van der Waals surface area contributed by atoms with Crippen molar-refractivity contribution < 1.29 is 0 Å². The lowest BCUT2D eigenvalue weighted by Crippen LogP contribution is -2.20. The van der Waals surface area contributed by atoms with Gasteiger partial charge in [-0.1, -0.05) is 20.8 Å². The van der Waals surface area contributed by atoms with Gasteiger partial charge in [0.1, 0.15) is 5.41 Å². The maximum Gasteiger partial charge on any atom is 0.108 e. The molecule has 0 radical (unpaired) electrons. The summed E-state index contributed by atoms with van der Waals surface area (Å²) >= 11 is 0. The minimum Gasteiger partial charge on any atom is -0.0623 e. The molecule has 0 bridgehead atoms. The van der Waals surface area contributed by atoms with Crippen LogP contribution in [0.2, 0.25) is 0 Å². The van der Waals surface area contributed by atoms with E-state index >= 15 is 0 Å². The van der Waals surface area contributed by atoms with Crippen LogP contribution < -0.4 is 0 Å². The summed E-state index contributed by atoms with van der Waals surface area (Å²) in [4.78, 5) is 0. The second-order valence-electron chi connectivity index (χ2n) is 6.15. The average Bonchev–Trinajstić information content (AvgIpc) is 2.40. The van der Waals surface area contributed by atoms with E-state index in [1.54, 1.807) is 0 Å². The zero-order valence-electron chi connectivity index (χ0n) is 10.1. The van der Waals surface area contributed by atoms with Crippen molar-refractivity contribution in [2.24, 2.45) is 23.2 Å². The molecule has 2 saturated carbocycles. The van der Waals surface area contributed by atoms with E-state index in [-0.39, 0.29) is 0 Å². The summed E-state index contributed by atoms with van der Waals surface area (Å²) in [6.45, 7) is 7.34. The SMILES string of the molecule is CC1CCC2([CH+]CCC(C)C(C)C2)C1. The topological polar surface area (TPSA) is 0 Å². The van der Waals surface area contributed by atoms with E-state index in [2.05, 4.69) is 27.2 Å². The third-order valence-corrected chi connectivity index (χ3v) is 4.79. The monoisotopic (exact) mass is 193 g/mol. The number of hydrogen-bond acceptors (Lipinski definition) is 0. The minimum absolute atomic E-state index is 0.656. The molecule has 80 valence electrons. The van der Waals surface area contributed by atoms with Gasteiger partial charge in [-0.25, -0.2) is 0 Å². The molecule has 0 heteroatoms. The van der Waals surface area contributed by atoms with Gasteiger partial charge in [-0.15, -0.1) is 0 Å². The van der Waals surface area contributed by atoms with Gasteiger partial charge in [0, 0.05) is 0 Å². The van der Waals surface area contributed by atoms with Crippen molar-refractivity contribution in [1.82, 2.24) is 0 Å². The molecule has 0 nitrogen and oxygen atoms in total. The van der Waals surface area contributed by atoms with Crippen molar-refractivity contribution in [3.8, 4) is 0 Å². The Morgan fingerprint density at radius 2 is 1.79 bits per heavy atom. The van der Waals surface area contributed by atoms with E-state index in [0.717, 1.165) is 17.8 Å². The summed E-state index contributed by atoms with van der Waals surface area (Å²) < 4.78 is 0. The lowest BCUT2D eigenvalue weighted by atomic mass is 9.75. The van der Waals surface area contributed by atoms with Crippen LogP contribution in [0.25, 0.3) is 0 Å². The third kappa shape index (κ3) is 1.94. The van der Waals surface area contributed by atoms with Crippen LogP contribution >= 0.6 is 0 Å². The summed E-state index contributed by atoms with van der Waals surface area (Å²) in [5, 5.41) is 0. The molecule has 2 aliphatic carbocycles. The molecular weight excluding hydrogens is 168 g/mol. The fourth-order valence-corrected chi connectivity index (χ4v) is 3.67. The van der Waals surface area contributed by atoms with Crippen molar-refractivity contribution in [2.45, 2.75) is 59.3 Å². The summed E-state index contributed by atoms with van der Waals surface area (Å²) in [6, 6.07) is 0. The average molecular weight is 193 g/mol. The molecule has 1 spiro atoms. The highest BCUT2D eigenvalue weighted by atomic mass is 14.4. The predicted molar refractivity (Wildman–Crippen MR) is 61.9 cm³/mol. The largest absolute Gasteiger partial charge is 0.108 e. The molecule has 0 aromatic carbocycles. The van der Waals surface area contributed by atoms with E-state index in [0.29, 0.717) is 5.41 Å². The lowest BCUT2D eigenvalue weighted by Gasteiger charge is -2.24. The summed E-state index contributed by atoms with van der Waals surface area (Å²) in [5.74, 6) is 2.87. The molecule has 0 heterocycles. The smallest absolute Gasteiger partial charge is 0.0623 e. The first-order valence-electron chi connectivity index (χ1n) is 6.46. The Labute approximate surface area is 89.5 Å². The Kier molecular flexibility index (Phi) is 2.81. The van der Waals surface area contributed by atoms with Gasteiger partial charge in [-0.3, -0.25) is 0 Å². The Hall–Kier alpha value is -0.130. The van der Waals surface area contributed by atoms with Crippen LogP contribution in [0.3, 0.4) is 0 Å². The minimum atomic E-state index is 0.656. The molecule has 0 aromatic rings. The quantitative estimate of drug-likeness (QED) is 0.498. The van der Waals surface area contributed by atoms with Crippen LogP contribution in [0.4, 0.5) is 0 Å². The highest BCUT2D eigenvalue weighted by molar-refractivity contribution is 5.00. The van der Waals surface area contributed by atoms with Crippen LogP contribution in [0, 0.1) is 29.6 Å². The van der Waals surface area contributed by atoms with Crippen molar-refractivity contribution in [1.29, 1.82) is 0 Å². The van der Waals surface area contributed by atoms with Crippen LogP contribution in [0.5, 0.6) is 0 Å². The maximum absolute atomic E-state index is 2.69. The lowest BCUT2D eigenvalue weighted by molar-refractivity contribution is 0.245. The zero-order chi connectivity index (χ0) is 10.2. The van der Waals surface area contributed by atoms with Crippen LogP contribution in [-0.4, -0.2) is 0 Å². The first kappa shape index (κ1) is 10.4. The molecule has 4 unspecified atom stereocenters. The Morgan fingerprint density at radius 1 is 1.00 bits per heavy atom. The van der Waals surface area contributed by atoms with Gasteiger partial charge >= 0.3 is 0 Å². The standard InChI is InChI=1S/C14H25/c1-11-6-8-14(9-11)7-4-5-12(2)13(3)10-14/h7,11-13H,4-6,8-10H2,1-3H3/q+1. The van der Waals surface area contributed by atoms with E-state index in [1.807, 2.05) is 0 Å². The van der Waals surface area contributed by atoms with Crippen molar-refractivity contribution in [2.75, 3.05) is 0 Å². The van der Waals surface area contributed by atoms with E-state index in [1.165, 1.54) is 38.5 Å². The van der Waals surface area contributed by atoms with Gasteiger partial charge in [-0.05, 0) is 49.9 Å². The molecule has 2 fully saturated rings. The first-order valence-corrected chi connectivity index (χ1v) is 6.46. The van der Waals surface area contributed by atoms with E-state index in [9.17, 15) is 0 Å². The second-order valence-corrected chi connectivity index (χ2v) is 6.15. The summed E-state index contributed by atoms with van der Waals surface area (Å²) in [7, 11) is 0. The van der Waals surface area contributed by atoms with Crippen molar-refractivity contribution in [3.63, 3.8) is 0 Å². The van der Waals surface area contributed by atoms with Crippen LogP contribution in [-0.2, 0) is 0 Å². The van der Waals surface area contributed by atoms with Gasteiger partial charge in [0.15, 0.2) is 0 Å². The first-order chi connectivity index (χ1) is 6.61. The van der Waals surface area contributed by atoms with Crippen molar-refractivity contribution >= 4 is 0 Å². The highest BCUT2D eigenvalue weighted by Crippen LogP contribution is 2.51. The molecule has 0 saturated heterocycles. The van der Waals surface area contributed by atoms with E-state index < -0.39 is 0 Å². The molecule has 2 aliphatic rings. The molecule has 14 heavy (non-hydrogen) atoms. The normalized spacial score (nSPS) is 48.9. The van der Waals surface area contributed by atoms with Gasteiger partial charge < -0.3 is 0 Å². The predicted octanol–water partition coefficient (Wildman–Crippen LogP) is 4.45. The molecule has 0 aliphatic heterocycles. The molecule has 4 atom stereocenters. The third-order valence-electron chi connectivity index (χ3n) is 4.79. The second kappa shape index (κ2) is 3.79. The Balaban J connectivity index is 2.05. The number of rotatable bonds is 0. The molecule has 0 aromatic heterocycles. The number of hydrogen-bond donors (Lipinski definition) is 0. The fraction of sp³-hybridized carbons (Fsp3) is 0.929. The Bertz CT molecular complexity index is 196. The summed E-state index contributed by atoms with van der Waals surface area (Å²) in [6.07, 6.45) is 11.4. The van der Waals surface area contributed by atoms with Crippen LogP contribution in [0.15, 0.2) is 0 Å². The fourth-order valence-electron chi connectivity index (χ4n) is 3.67. The molecule has 0 N–H and O–H groups in total. The van der Waals surface area contributed by atoms with E-state index in [4.69, 9.17) is 0 Å². The maximum atomic E-state index is 2.69. The van der Waals surface area contributed by atoms with Gasteiger partial charge in [0.25, 0.3) is 0 Å². The zero-order valence-corrected chi connectivity index (χ0v) is 10.1.